The van der Waals surface area contributed by atoms with E-state index >= 15 is 0 Å². The van der Waals surface area contributed by atoms with E-state index < -0.39 is 36.4 Å². The third-order valence-electron chi connectivity index (χ3n) is 6.69. The highest BCUT2D eigenvalue weighted by Crippen LogP contribution is 2.37. The van der Waals surface area contributed by atoms with Gasteiger partial charge in [-0.05, 0) is 72.9 Å². The van der Waals surface area contributed by atoms with Gasteiger partial charge in [-0.3, -0.25) is 4.79 Å². The molecule has 0 radical (unpaired) electrons. The number of thioether (sulfide) groups is 1. The normalized spacial score (nSPS) is 23.3. The van der Waals surface area contributed by atoms with Crippen molar-refractivity contribution in [3.63, 3.8) is 0 Å². The molecule has 3 aromatic carbocycles. The molecule has 1 heterocycles. The Labute approximate surface area is 231 Å². The lowest BCUT2D eigenvalue weighted by Gasteiger charge is -2.41. The molecule has 0 aliphatic carbocycles. The fourth-order valence-electron chi connectivity index (χ4n) is 4.57. The van der Waals surface area contributed by atoms with E-state index in [9.17, 15) is 20.1 Å². The Hall–Kier alpha value is -2.59. The molecule has 0 unspecified atom stereocenters. The molecule has 9 heteroatoms. The minimum atomic E-state index is -1.40. The maximum atomic E-state index is 11.7. The molecule has 202 valence electrons. The van der Waals surface area contributed by atoms with Gasteiger partial charge in [-0.1, -0.05) is 41.9 Å². The molecule has 0 aromatic heterocycles. The molecule has 0 bridgehead atoms. The number of amides is 1. The standard InChI is InChI=1S/C29H32ClNO6S/c1-3-36-20-10-7-17(8-11-20)13-19-14-18(9-12-22(19)30)28-27(34)26(33)25(32)23(37-28)15-38-24-6-4-5-21(16(24)2)29(31)35/h4-12,14,23,25-28,32-34H,3,13,15H2,1-2H3,(H2,31,35)/t23-,25-,26+,27-,28+/m1/s1. The zero-order valence-electron chi connectivity index (χ0n) is 21.2. The number of rotatable bonds is 9. The predicted molar refractivity (Wildman–Crippen MR) is 148 cm³/mol. The van der Waals surface area contributed by atoms with E-state index in [0.717, 1.165) is 27.3 Å². The van der Waals surface area contributed by atoms with Crippen molar-refractivity contribution < 1.29 is 29.6 Å². The highest BCUT2D eigenvalue weighted by Gasteiger charge is 2.44. The number of aliphatic hydroxyl groups excluding tert-OH is 3. The van der Waals surface area contributed by atoms with Crippen LogP contribution < -0.4 is 10.5 Å². The summed E-state index contributed by atoms with van der Waals surface area (Å²) in [6.07, 6.45) is -5.10. The Kier molecular flexibility index (Phi) is 9.36. The number of hydrogen-bond donors (Lipinski definition) is 4. The van der Waals surface area contributed by atoms with E-state index in [1.807, 2.05) is 50.2 Å². The summed E-state index contributed by atoms with van der Waals surface area (Å²) >= 11 is 7.88. The average molecular weight is 558 g/mol. The number of aliphatic hydroxyl groups is 3. The summed E-state index contributed by atoms with van der Waals surface area (Å²) in [5, 5.41) is 32.7. The van der Waals surface area contributed by atoms with E-state index in [2.05, 4.69) is 0 Å². The first-order valence-electron chi connectivity index (χ1n) is 12.4. The summed E-state index contributed by atoms with van der Waals surface area (Å²) in [6.45, 7) is 4.33. The molecule has 7 nitrogen and oxygen atoms in total. The SMILES string of the molecule is CCOc1ccc(Cc2cc([C@@H]3O[C@H](CSc4cccc(C(N)=O)c4C)[C@@H](O)[C@H](O)[C@H]3O)ccc2Cl)cc1. The lowest BCUT2D eigenvalue weighted by Crippen LogP contribution is -2.54. The van der Waals surface area contributed by atoms with Crippen LogP contribution in [0.2, 0.25) is 5.02 Å². The van der Waals surface area contributed by atoms with E-state index in [0.29, 0.717) is 29.2 Å². The summed E-state index contributed by atoms with van der Waals surface area (Å²) in [7, 11) is 0. The first-order valence-corrected chi connectivity index (χ1v) is 13.8. The minimum Gasteiger partial charge on any atom is -0.494 e. The molecular formula is C29H32ClNO6S. The molecular weight excluding hydrogens is 526 g/mol. The highest BCUT2D eigenvalue weighted by molar-refractivity contribution is 7.99. The summed E-state index contributed by atoms with van der Waals surface area (Å²) < 4.78 is 11.7. The lowest BCUT2D eigenvalue weighted by atomic mass is 9.90. The molecule has 1 fully saturated rings. The number of carbonyl (C=O) groups is 1. The largest absolute Gasteiger partial charge is 0.494 e. The minimum absolute atomic E-state index is 0.289. The highest BCUT2D eigenvalue weighted by atomic mass is 35.5. The molecule has 4 rings (SSSR count). The number of hydrogen-bond acceptors (Lipinski definition) is 7. The summed E-state index contributed by atoms with van der Waals surface area (Å²) in [6, 6.07) is 18.4. The van der Waals surface area contributed by atoms with Gasteiger partial charge in [-0.25, -0.2) is 0 Å². The maximum Gasteiger partial charge on any atom is 0.249 e. The number of primary amides is 1. The fraction of sp³-hybridized carbons (Fsp3) is 0.345. The van der Waals surface area contributed by atoms with Crippen LogP contribution in [0, 0.1) is 6.92 Å². The van der Waals surface area contributed by atoms with E-state index in [4.69, 9.17) is 26.8 Å². The van der Waals surface area contributed by atoms with Crippen LogP contribution in [0.15, 0.2) is 65.6 Å². The van der Waals surface area contributed by atoms with Gasteiger partial charge in [0.1, 0.15) is 30.2 Å². The quantitative estimate of drug-likeness (QED) is 0.293. The summed E-state index contributed by atoms with van der Waals surface area (Å²) in [5.41, 5.74) is 9.16. The van der Waals surface area contributed by atoms with Crippen molar-refractivity contribution in [3.8, 4) is 5.75 Å². The lowest BCUT2D eigenvalue weighted by molar-refractivity contribution is -0.218. The van der Waals surface area contributed by atoms with Gasteiger partial charge in [-0.2, -0.15) is 0 Å². The number of halogens is 1. The number of carbonyl (C=O) groups excluding carboxylic acids is 1. The van der Waals surface area contributed by atoms with Gasteiger partial charge in [0, 0.05) is 21.2 Å². The Morgan fingerprint density at radius 3 is 2.47 bits per heavy atom. The smallest absolute Gasteiger partial charge is 0.249 e. The Bertz CT molecular complexity index is 1270. The van der Waals surface area contributed by atoms with Gasteiger partial charge in [0.05, 0.1) is 12.7 Å². The third kappa shape index (κ3) is 6.34. The van der Waals surface area contributed by atoms with Crippen LogP contribution in [-0.4, -0.2) is 58.0 Å². The molecule has 1 saturated heterocycles. The van der Waals surface area contributed by atoms with Crippen LogP contribution in [0.3, 0.4) is 0 Å². The second kappa shape index (κ2) is 12.5. The predicted octanol–water partition coefficient (Wildman–Crippen LogP) is 4.05. The van der Waals surface area contributed by atoms with Crippen molar-refractivity contribution in [1.29, 1.82) is 0 Å². The van der Waals surface area contributed by atoms with Gasteiger partial charge in [0.2, 0.25) is 5.91 Å². The van der Waals surface area contributed by atoms with Crippen LogP contribution in [0.25, 0.3) is 0 Å². The Morgan fingerprint density at radius 2 is 1.79 bits per heavy atom. The monoisotopic (exact) mass is 557 g/mol. The van der Waals surface area contributed by atoms with Gasteiger partial charge in [-0.15, -0.1) is 11.8 Å². The van der Waals surface area contributed by atoms with Crippen molar-refractivity contribution in [2.45, 2.75) is 55.7 Å². The third-order valence-corrected chi connectivity index (χ3v) is 8.31. The molecule has 5 N–H and O–H groups in total. The second-order valence-electron chi connectivity index (χ2n) is 9.28. The summed E-state index contributed by atoms with van der Waals surface area (Å²) in [4.78, 5) is 12.5. The van der Waals surface area contributed by atoms with Gasteiger partial charge < -0.3 is 30.5 Å². The summed E-state index contributed by atoms with van der Waals surface area (Å²) in [5.74, 6) is 0.570. The average Bonchev–Trinajstić information content (AvgIpc) is 2.90. The zero-order chi connectivity index (χ0) is 27.4. The van der Waals surface area contributed by atoms with Gasteiger partial charge in [0.25, 0.3) is 0 Å². The van der Waals surface area contributed by atoms with E-state index in [1.54, 1.807) is 24.3 Å². The number of benzene rings is 3. The molecule has 0 saturated carbocycles. The Balaban J connectivity index is 1.52. The number of ether oxygens (including phenoxy) is 2. The van der Waals surface area contributed by atoms with Crippen molar-refractivity contribution in [2.24, 2.45) is 5.73 Å². The van der Waals surface area contributed by atoms with Crippen LogP contribution in [0.1, 0.15) is 45.6 Å². The zero-order valence-corrected chi connectivity index (χ0v) is 22.8. The first-order chi connectivity index (χ1) is 18.2. The topological polar surface area (TPSA) is 122 Å². The number of nitrogens with two attached hydrogens (primary N) is 1. The maximum absolute atomic E-state index is 11.7. The Morgan fingerprint density at radius 1 is 1.05 bits per heavy atom. The molecule has 0 spiro atoms. The molecule has 38 heavy (non-hydrogen) atoms. The molecule has 5 atom stereocenters. The van der Waals surface area contributed by atoms with Crippen molar-refractivity contribution in [3.05, 3.63) is 93.5 Å². The second-order valence-corrected chi connectivity index (χ2v) is 10.7. The van der Waals surface area contributed by atoms with Gasteiger partial charge >= 0.3 is 0 Å². The fourth-order valence-corrected chi connectivity index (χ4v) is 5.88. The van der Waals surface area contributed by atoms with E-state index in [1.165, 1.54) is 11.8 Å². The van der Waals surface area contributed by atoms with Crippen LogP contribution >= 0.6 is 23.4 Å². The van der Waals surface area contributed by atoms with Crippen LogP contribution in [0.5, 0.6) is 5.75 Å². The van der Waals surface area contributed by atoms with Crippen LogP contribution in [0.4, 0.5) is 0 Å². The first kappa shape index (κ1) is 28.4. The molecule has 1 aliphatic heterocycles. The molecule has 3 aromatic rings. The van der Waals surface area contributed by atoms with E-state index in [-0.39, 0.29) is 5.75 Å². The van der Waals surface area contributed by atoms with Crippen molar-refractivity contribution in [1.82, 2.24) is 0 Å². The van der Waals surface area contributed by atoms with Crippen molar-refractivity contribution in [2.75, 3.05) is 12.4 Å². The van der Waals surface area contributed by atoms with Gasteiger partial charge in [0.15, 0.2) is 0 Å². The molecule has 1 aliphatic rings. The van der Waals surface area contributed by atoms with Crippen molar-refractivity contribution >= 4 is 29.3 Å². The van der Waals surface area contributed by atoms with Crippen LogP contribution in [-0.2, 0) is 11.2 Å². The molecule has 1 amide bonds.